The van der Waals surface area contributed by atoms with Gasteiger partial charge in [-0.25, -0.2) is 0 Å². The second kappa shape index (κ2) is 5.80. The van der Waals surface area contributed by atoms with Gasteiger partial charge >= 0.3 is 0 Å². The Bertz CT molecular complexity index is 540. The molecule has 104 valence electrons. The first-order chi connectivity index (χ1) is 9.74. The van der Waals surface area contributed by atoms with Crippen LogP contribution in [0.2, 0.25) is 0 Å². The number of hydrogen-bond acceptors (Lipinski definition) is 1. The number of benzene rings is 2. The first-order valence-electron chi connectivity index (χ1n) is 7.65. The zero-order valence-electron chi connectivity index (χ0n) is 12.3. The molecule has 1 N–H and O–H groups in total. The monoisotopic (exact) mass is 265 g/mol. The van der Waals surface area contributed by atoms with E-state index in [1.165, 1.54) is 29.5 Å². The van der Waals surface area contributed by atoms with Crippen molar-refractivity contribution in [3.63, 3.8) is 0 Å². The third-order valence-electron chi connectivity index (χ3n) is 4.37. The van der Waals surface area contributed by atoms with Gasteiger partial charge in [-0.1, -0.05) is 61.5 Å². The maximum absolute atomic E-state index is 3.70. The van der Waals surface area contributed by atoms with Gasteiger partial charge in [0, 0.05) is 12.1 Å². The smallest absolute Gasteiger partial charge is 0.0107 e. The highest BCUT2D eigenvalue weighted by Crippen LogP contribution is 2.27. The Hall–Kier alpha value is -1.60. The van der Waals surface area contributed by atoms with Crippen molar-refractivity contribution in [1.82, 2.24) is 5.32 Å². The van der Waals surface area contributed by atoms with E-state index in [0.717, 1.165) is 6.04 Å². The Morgan fingerprint density at radius 3 is 2.05 bits per heavy atom. The molecule has 0 bridgehead atoms. The van der Waals surface area contributed by atoms with Crippen molar-refractivity contribution in [2.45, 2.75) is 44.7 Å². The lowest BCUT2D eigenvalue weighted by molar-refractivity contribution is 0.478. The van der Waals surface area contributed by atoms with E-state index < -0.39 is 0 Å². The lowest BCUT2D eigenvalue weighted by Gasteiger charge is -2.22. The second-order valence-electron chi connectivity index (χ2n) is 6.01. The topological polar surface area (TPSA) is 12.0 Å². The molecule has 0 heterocycles. The third-order valence-corrected chi connectivity index (χ3v) is 4.37. The van der Waals surface area contributed by atoms with Crippen molar-refractivity contribution in [3.05, 3.63) is 60.2 Å². The molecule has 1 aliphatic rings. The van der Waals surface area contributed by atoms with Crippen molar-refractivity contribution >= 4 is 0 Å². The molecule has 0 saturated heterocycles. The summed E-state index contributed by atoms with van der Waals surface area (Å²) in [6.45, 7) is 4.62. The van der Waals surface area contributed by atoms with Gasteiger partial charge < -0.3 is 5.32 Å². The number of nitrogens with one attached hydrogen (secondary N) is 1. The fourth-order valence-corrected chi connectivity index (χ4v) is 2.66. The average Bonchev–Trinajstić information content (AvgIpc) is 3.31. The van der Waals surface area contributed by atoms with E-state index in [2.05, 4.69) is 73.8 Å². The minimum absolute atomic E-state index is 0.546. The molecular formula is C19H23N. The summed E-state index contributed by atoms with van der Waals surface area (Å²) in [4.78, 5) is 0. The summed E-state index contributed by atoms with van der Waals surface area (Å²) in [5.74, 6) is 0.556. The van der Waals surface area contributed by atoms with Gasteiger partial charge in [-0.2, -0.15) is 0 Å². The molecule has 0 amide bonds. The van der Waals surface area contributed by atoms with Gasteiger partial charge in [-0.05, 0) is 42.4 Å². The lowest BCUT2D eigenvalue weighted by Crippen LogP contribution is -2.32. The minimum Gasteiger partial charge on any atom is -0.311 e. The molecule has 1 saturated carbocycles. The third kappa shape index (κ3) is 3.10. The molecule has 0 aromatic heterocycles. The van der Waals surface area contributed by atoms with Crippen LogP contribution in [0.3, 0.4) is 0 Å². The van der Waals surface area contributed by atoms with Gasteiger partial charge in [0.15, 0.2) is 0 Å². The van der Waals surface area contributed by atoms with Crippen molar-refractivity contribution in [2.24, 2.45) is 0 Å². The van der Waals surface area contributed by atoms with E-state index in [-0.39, 0.29) is 0 Å². The standard InChI is InChI=1S/C19H23N/c1-14(15(2)20-19-12-13-19)16-8-10-18(11-9-16)17-6-4-3-5-7-17/h3-11,14-15,19-20H,12-13H2,1-2H3. The van der Waals surface area contributed by atoms with E-state index in [0.29, 0.717) is 12.0 Å². The molecule has 1 aliphatic carbocycles. The number of rotatable bonds is 5. The van der Waals surface area contributed by atoms with Crippen molar-refractivity contribution in [3.8, 4) is 11.1 Å². The highest BCUT2D eigenvalue weighted by molar-refractivity contribution is 5.63. The Balaban J connectivity index is 1.72. The lowest BCUT2D eigenvalue weighted by atomic mass is 9.92. The maximum Gasteiger partial charge on any atom is 0.0107 e. The van der Waals surface area contributed by atoms with E-state index in [9.17, 15) is 0 Å². The van der Waals surface area contributed by atoms with Crippen LogP contribution in [0.5, 0.6) is 0 Å². The maximum atomic E-state index is 3.70. The quantitative estimate of drug-likeness (QED) is 0.833. The zero-order chi connectivity index (χ0) is 13.9. The summed E-state index contributed by atoms with van der Waals surface area (Å²) in [5, 5.41) is 3.70. The molecule has 0 spiro atoms. The summed E-state index contributed by atoms with van der Waals surface area (Å²) in [6, 6.07) is 20.9. The summed E-state index contributed by atoms with van der Waals surface area (Å²) >= 11 is 0. The Morgan fingerprint density at radius 2 is 1.45 bits per heavy atom. The molecule has 1 fully saturated rings. The molecule has 2 aromatic rings. The van der Waals surface area contributed by atoms with Crippen molar-refractivity contribution < 1.29 is 0 Å². The molecule has 0 radical (unpaired) electrons. The summed E-state index contributed by atoms with van der Waals surface area (Å²) in [7, 11) is 0. The summed E-state index contributed by atoms with van der Waals surface area (Å²) in [5.41, 5.74) is 4.01. The molecule has 2 unspecified atom stereocenters. The molecule has 1 nitrogen and oxygen atoms in total. The molecule has 0 aliphatic heterocycles. The van der Waals surface area contributed by atoms with Crippen LogP contribution in [0.25, 0.3) is 11.1 Å². The summed E-state index contributed by atoms with van der Waals surface area (Å²) in [6.07, 6.45) is 2.70. The SMILES string of the molecule is CC(NC1CC1)C(C)c1ccc(-c2ccccc2)cc1. The van der Waals surface area contributed by atoms with Crippen LogP contribution in [0, 0.1) is 0 Å². The Kier molecular flexibility index (Phi) is 3.88. The highest BCUT2D eigenvalue weighted by Gasteiger charge is 2.25. The van der Waals surface area contributed by atoms with E-state index in [1.54, 1.807) is 0 Å². The van der Waals surface area contributed by atoms with Crippen molar-refractivity contribution in [1.29, 1.82) is 0 Å². The minimum atomic E-state index is 0.546. The first kappa shape index (κ1) is 13.4. The summed E-state index contributed by atoms with van der Waals surface area (Å²) < 4.78 is 0. The Morgan fingerprint density at radius 1 is 0.850 bits per heavy atom. The van der Waals surface area contributed by atoms with Gasteiger partial charge in [-0.3, -0.25) is 0 Å². The zero-order valence-corrected chi connectivity index (χ0v) is 12.3. The highest BCUT2D eigenvalue weighted by atomic mass is 15.0. The van der Waals surface area contributed by atoms with Gasteiger partial charge in [0.05, 0.1) is 0 Å². The van der Waals surface area contributed by atoms with Crippen LogP contribution < -0.4 is 5.32 Å². The fourth-order valence-electron chi connectivity index (χ4n) is 2.66. The average molecular weight is 265 g/mol. The first-order valence-corrected chi connectivity index (χ1v) is 7.65. The van der Waals surface area contributed by atoms with Gasteiger partial charge in [0.25, 0.3) is 0 Å². The molecule has 2 aromatic carbocycles. The molecule has 20 heavy (non-hydrogen) atoms. The fraction of sp³-hybridized carbons (Fsp3) is 0.368. The van der Waals surface area contributed by atoms with Gasteiger partial charge in [0.2, 0.25) is 0 Å². The van der Waals surface area contributed by atoms with E-state index in [1.807, 2.05) is 0 Å². The Labute approximate surface area is 122 Å². The van der Waals surface area contributed by atoms with Crippen molar-refractivity contribution in [2.75, 3.05) is 0 Å². The predicted octanol–water partition coefficient (Wildman–Crippen LogP) is 4.60. The van der Waals surface area contributed by atoms with Crippen LogP contribution >= 0.6 is 0 Å². The second-order valence-corrected chi connectivity index (χ2v) is 6.01. The normalized spacial score (nSPS) is 17.7. The predicted molar refractivity (Wildman–Crippen MR) is 85.9 cm³/mol. The number of hydrogen-bond donors (Lipinski definition) is 1. The van der Waals surface area contributed by atoms with Crippen LogP contribution in [0.15, 0.2) is 54.6 Å². The van der Waals surface area contributed by atoms with Gasteiger partial charge in [0.1, 0.15) is 0 Å². The molecular weight excluding hydrogens is 242 g/mol. The van der Waals surface area contributed by atoms with E-state index in [4.69, 9.17) is 0 Å². The van der Waals surface area contributed by atoms with E-state index >= 15 is 0 Å². The van der Waals surface area contributed by atoms with Crippen LogP contribution in [0.4, 0.5) is 0 Å². The molecule has 3 rings (SSSR count). The van der Waals surface area contributed by atoms with Gasteiger partial charge in [-0.15, -0.1) is 0 Å². The van der Waals surface area contributed by atoms with Crippen LogP contribution in [-0.2, 0) is 0 Å². The molecule has 2 atom stereocenters. The van der Waals surface area contributed by atoms with Crippen LogP contribution in [-0.4, -0.2) is 12.1 Å². The largest absolute Gasteiger partial charge is 0.311 e. The molecule has 1 heteroatoms. The van der Waals surface area contributed by atoms with Crippen LogP contribution in [0.1, 0.15) is 38.2 Å².